The largest absolute Gasteiger partial charge is 0.486 e. The van der Waals surface area contributed by atoms with Crippen LogP contribution >= 0.6 is 0 Å². The van der Waals surface area contributed by atoms with Crippen LogP contribution in [-0.2, 0) is 16.0 Å². The maximum absolute atomic E-state index is 12.4. The highest BCUT2D eigenvalue weighted by atomic mass is 16.6. The molecule has 0 saturated carbocycles. The number of amides is 2. The summed E-state index contributed by atoms with van der Waals surface area (Å²) in [4.78, 5) is 26.2. The van der Waals surface area contributed by atoms with Gasteiger partial charge >= 0.3 is 6.09 Å². The SMILES string of the molecule is CC(C)(C)OC(=O)N1CCC(C(=O)NCCc2ccc3c(c2)OCCO3)CC1. The number of hydrogen-bond acceptors (Lipinski definition) is 5. The van der Waals surface area contributed by atoms with Crippen LogP contribution in [-0.4, -0.2) is 55.3 Å². The quantitative estimate of drug-likeness (QED) is 0.855. The zero-order chi connectivity index (χ0) is 20.1. The first-order valence-electron chi connectivity index (χ1n) is 9.96. The third-order valence-corrected chi connectivity index (χ3v) is 4.84. The molecule has 28 heavy (non-hydrogen) atoms. The van der Waals surface area contributed by atoms with Crippen LogP contribution in [0.15, 0.2) is 18.2 Å². The average Bonchev–Trinajstić information content (AvgIpc) is 2.66. The molecule has 2 amide bonds. The van der Waals surface area contributed by atoms with E-state index in [2.05, 4.69) is 5.32 Å². The molecular weight excluding hydrogens is 360 g/mol. The van der Waals surface area contributed by atoms with Crippen molar-refractivity contribution in [3.63, 3.8) is 0 Å². The van der Waals surface area contributed by atoms with E-state index in [1.54, 1.807) is 4.90 Å². The zero-order valence-corrected chi connectivity index (χ0v) is 17.0. The van der Waals surface area contributed by atoms with Crippen molar-refractivity contribution in [1.29, 1.82) is 0 Å². The molecule has 2 aliphatic rings. The van der Waals surface area contributed by atoms with Crippen molar-refractivity contribution in [2.45, 2.75) is 45.6 Å². The highest BCUT2D eigenvalue weighted by molar-refractivity contribution is 5.79. The number of hydrogen-bond donors (Lipinski definition) is 1. The van der Waals surface area contributed by atoms with Crippen molar-refractivity contribution in [2.75, 3.05) is 32.8 Å². The van der Waals surface area contributed by atoms with E-state index >= 15 is 0 Å². The maximum atomic E-state index is 12.4. The van der Waals surface area contributed by atoms with Crippen LogP contribution in [0.4, 0.5) is 4.79 Å². The van der Waals surface area contributed by atoms with Crippen molar-refractivity contribution in [3.8, 4) is 11.5 Å². The Morgan fingerprint density at radius 3 is 2.50 bits per heavy atom. The van der Waals surface area contributed by atoms with E-state index in [-0.39, 0.29) is 17.9 Å². The van der Waals surface area contributed by atoms with Gasteiger partial charge in [-0.3, -0.25) is 4.79 Å². The lowest BCUT2D eigenvalue weighted by atomic mass is 9.96. The van der Waals surface area contributed by atoms with Crippen molar-refractivity contribution in [3.05, 3.63) is 23.8 Å². The summed E-state index contributed by atoms with van der Waals surface area (Å²) in [5, 5.41) is 3.02. The molecule has 3 rings (SSSR count). The van der Waals surface area contributed by atoms with Crippen LogP contribution in [0.2, 0.25) is 0 Å². The number of carbonyl (C=O) groups is 2. The first-order valence-corrected chi connectivity index (χ1v) is 9.96. The van der Waals surface area contributed by atoms with Gasteiger partial charge in [0.2, 0.25) is 5.91 Å². The number of piperidine rings is 1. The normalized spacial score (nSPS) is 17.2. The lowest BCUT2D eigenvalue weighted by Crippen LogP contribution is -2.45. The van der Waals surface area contributed by atoms with Gasteiger partial charge in [0.05, 0.1) is 0 Å². The van der Waals surface area contributed by atoms with E-state index in [0.717, 1.165) is 23.5 Å². The molecule has 0 radical (unpaired) electrons. The zero-order valence-electron chi connectivity index (χ0n) is 17.0. The van der Waals surface area contributed by atoms with E-state index in [4.69, 9.17) is 14.2 Å². The van der Waals surface area contributed by atoms with Gasteiger partial charge in [0, 0.05) is 25.6 Å². The van der Waals surface area contributed by atoms with Gasteiger partial charge in [-0.05, 0) is 57.7 Å². The second kappa shape index (κ2) is 8.71. The molecule has 7 nitrogen and oxygen atoms in total. The topological polar surface area (TPSA) is 77.1 Å². The van der Waals surface area contributed by atoms with Crippen LogP contribution < -0.4 is 14.8 Å². The van der Waals surface area contributed by atoms with E-state index in [1.165, 1.54) is 0 Å². The molecule has 0 bridgehead atoms. The minimum atomic E-state index is -0.501. The van der Waals surface area contributed by atoms with E-state index in [9.17, 15) is 9.59 Å². The standard InChI is InChI=1S/C21H30N2O5/c1-21(2,3)28-20(25)23-10-7-16(8-11-23)19(24)22-9-6-15-4-5-17-18(14-15)27-13-12-26-17/h4-5,14,16H,6-13H2,1-3H3,(H,22,24). The Morgan fingerprint density at radius 2 is 1.82 bits per heavy atom. The first-order chi connectivity index (χ1) is 13.3. The fraction of sp³-hybridized carbons (Fsp3) is 0.619. The van der Waals surface area contributed by atoms with Gasteiger partial charge in [-0.25, -0.2) is 4.79 Å². The summed E-state index contributed by atoms with van der Waals surface area (Å²) < 4.78 is 16.5. The molecule has 7 heteroatoms. The van der Waals surface area contributed by atoms with E-state index in [1.807, 2.05) is 39.0 Å². The number of fused-ring (bicyclic) bond motifs is 1. The van der Waals surface area contributed by atoms with Gasteiger partial charge in [-0.15, -0.1) is 0 Å². The predicted octanol–water partition coefficient (Wildman–Crippen LogP) is 2.76. The molecule has 1 N–H and O–H groups in total. The van der Waals surface area contributed by atoms with Gasteiger partial charge in [0.1, 0.15) is 18.8 Å². The van der Waals surface area contributed by atoms with Crippen LogP contribution in [0.25, 0.3) is 0 Å². The third kappa shape index (κ3) is 5.53. The van der Waals surface area contributed by atoms with Crippen molar-refractivity contribution in [1.82, 2.24) is 10.2 Å². The molecule has 1 aromatic carbocycles. The lowest BCUT2D eigenvalue weighted by Gasteiger charge is -2.32. The number of benzene rings is 1. The van der Waals surface area contributed by atoms with Gasteiger partial charge in [-0.1, -0.05) is 6.07 Å². The number of nitrogens with zero attached hydrogens (tertiary/aromatic N) is 1. The summed E-state index contributed by atoms with van der Waals surface area (Å²) in [5.74, 6) is 1.54. The van der Waals surface area contributed by atoms with Gasteiger partial charge in [0.15, 0.2) is 11.5 Å². The average molecular weight is 390 g/mol. The Hall–Kier alpha value is -2.44. The molecule has 1 fully saturated rings. The van der Waals surface area contributed by atoms with Crippen molar-refractivity contribution in [2.24, 2.45) is 5.92 Å². The number of nitrogens with one attached hydrogen (secondary N) is 1. The minimum absolute atomic E-state index is 0.0565. The van der Waals surface area contributed by atoms with Gasteiger partial charge in [-0.2, -0.15) is 0 Å². The van der Waals surface area contributed by atoms with Gasteiger partial charge in [0.25, 0.3) is 0 Å². The van der Waals surface area contributed by atoms with Crippen molar-refractivity contribution < 1.29 is 23.8 Å². The molecule has 0 spiro atoms. The summed E-state index contributed by atoms with van der Waals surface area (Å²) in [5.41, 5.74) is 0.600. The Bertz CT molecular complexity index is 705. The number of ether oxygens (including phenoxy) is 3. The van der Waals surface area contributed by atoms with E-state index < -0.39 is 5.60 Å². The maximum Gasteiger partial charge on any atom is 0.410 e. The summed E-state index contributed by atoms with van der Waals surface area (Å²) in [6, 6.07) is 5.89. The number of carbonyl (C=O) groups excluding carboxylic acids is 2. The highest BCUT2D eigenvalue weighted by Crippen LogP contribution is 2.30. The second-order valence-corrected chi connectivity index (χ2v) is 8.26. The Morgan fingerprint density at radius 1 is 1.14 bits per heavy atom. The second-order valence-electron chi connectivity index (χ2n) is 8.26. The van der Waals surface area contributed by atoms with Gasteiger partial charge < -0.3 is 24.4 Å². The fourth-order valence-corrected chi connectivity index (χ4v) is 3.37. The van der Waals surface area contributed by atoms with Crippen molar-refractivity contribution >= 4 is 12.0 Å². The lowest BCUT2D eigenvalue weighted by molar-refractivity contribution is -0.126. The molecule has 2 heterocycles. The fourth-order valence-electron chi connectivity index (χ4n) is 3.37. The van der Waals surface area contributed by atoms with E-state index in [0.29, 0.717) is 45.7 Å². The molecule has 0 atom stereocenters. The molecule has 154 valence electrons. The molecule has 1 aromatic rings. The van der Waals surface area contributed by atoms with Crippen LogP contribution in [0, 0.1) is 5.92 Å². The minimum Gasteiger partial charge on any atom is -0.486 e. The number of rotatable bonds is 4. The smallest absolute Gasteiger partial charge is 0.410 e. The third-order valence-electron chi connectivity index (χ3n) is 4.84. The summed E-state index contributed by atoms with van der Waals surface area (Å²) in [7, 11) is 0. The Balaban J connectivity index is 1.40. The molecule has 0 unspecified atom stereocenters. The summed E-state index contributed by atoms with van der Waals surface area (Å²) in [6.07, 6.45) is 1.76. The van der Waals surface area contributed by atoms with Crippen LogP contribution in [0.5, 0.6) is 11.5 Å². The molecule has 1 saturated heterocycles. The molecule has 0 aromatic heterocycles. The van der Waals surface area contributed by atoms with Crippen LogP contribution in [0.1, 0.15) is 39.2 Å². The Labute approximate surface area is 166 Å². The number of likely N-dealkylation sites (tertiary alicyclic amines) is 1. The highest BCUT2D eigenvalue weighted by Gasteiger charge is 2.29. The molecule has 2 aliphatic heterocycles. The summed E-state index contributed by atoms with van der Waals surface area (Å²) in [6.45, 7) is 8.38. The molecular formula is C21H30N2O5. The molecule has 0 aliphatic carbocycles. The monoisotopic (exact) mass is 390 g/mol. The Kier molecular flexibility index (Phi) is 6.31. The summed E-state index contributed by atoms with van der Waals surface area (Å²) >= 11 is 0. The first kappa shape index (κ1) is 20.3. The van der Waals surface area contributed by atoms with Crippen LogP contribution in [0.3, 0.4) is 0 Å². The predicted molar refractivity (Wildman–Crippen MR) is 105 cm³/mol.